The van der Waals surface area contributed by atoms with Crippen LogP contribution in [0.3, 0.4) is 0 Å². The van der Waals surface area contributed by atoms with Crippen molar-refractivity contribution in [3.63, 3.8) is 0 Å². The van der Waals surface area contributed by atoms with E-state index in [2.05, 4.69) is 19.2 Å². The second-order valence-corrected chi connectivity index (χ2v) is 4.78. The average Bonchev–Trinajstić information content (AvgIpc) is 2.51. The number of hydrogen-bond acceptors (Lipinski definition) is 2. The lowest BCUT2D eigenvalue weighted by molar-refractivity contribution is 0.433. The third-order valence-corrected chi connectivity index (χ3v) is 2.80. The van der Waals surface area contributed by atoms with Crippen molar-refractivity contribution in [3.8, 4) is 0 Å². The molecule has 1 fully saturated rings. The molecule has 0 heterocycles. The van der Waals surface area contributed by atoms with Gasteiger partial charge in [0.2, 0.25) is 0 Å². The van der Waals surface area contributed by atoms with Gasteiger partial charge in [0.1, 0.15) is 0 Å². The molecule has 0 saturated heterocycles. The Kier molecular flexibility index (Phi) is 4.74. The van der Waals surface area contributed by atoms with Crippen LogP contribution in [0, 0.1) is 5.92 Å². The second kappa shape index (κ2) is 5.61. The smallest absolute Gasteiger partial charge is 0.0167 e. The Labute approximate surface area is 82.3 Å². The van der Waals surface area contributed by atoms with Gasteiger partial charge in [0, 0.05) is 18.6 Å². The maximum Gasteiger partial charge on any atom is 0.0167 e. The number of nitrogens with two attached hydrogens (primary N) is 1. The molecule has 2 nitrogen and oxygen atoms in total. The molecule has 1 aliphatic rings. The van der Waals surface area contributed by atoms with Crippen LogP contribution in [-0.2, 0) is 0 Å². The summed E-state index contributed by atoms with van der Waals surface area (Å²) in [5, 5.41) is 3.56. The summed E-state index contributed by atoms with van der Waals surface area (Å²) in [6.07, 6.45) is 6.65. The van der Waals surface area contributed by atoms with E-state index in [1.807, 2.05) is 0 Å². The molecule has 0 radical (unpaired) electrons. The van der Waals surface area contributed by atoms with Crippen LogP contribution < -0.4 is 11.1 Å². The summed E-state index contributed by atoms with van der Waals surface area (Å²) in [6, 6.07) is 1.11. The fourth-order valence-corrected chi connectivity index (χ4v) is 2.14. The lowest BCUT2D eigenvalue weighted by Gasteiger charge is -2.18. The Morgan fingerprint density at radius 2 is 1.92 bits per heavy atom. The maximum absolute atomic E-state index is 5.99. The van der Waals surface area contributed by atoms with Crippen LogP contribution in [0.4, 0.5) is 0 Å². The lowest BCUT2D eigenvalue weighted by Crippen LogP contribution is -2.39. The Morgan fingerprint density at radius 1 is 1.31 bits per heavy atom. The first-order valence-corrected chi connectivity index (χ1v) is 5.67. The van der Waals surface area contributed by atoms with Crippen molar-refractivity contribution in [2.45, 2.75) is 58.0 Å². The Balaban J connectivity index is 2.03. The summed E-state index contributed by atoms with van der Waals surface area (Å²) in [5.74, 6) is 0.723. The minimum atomic E-state index is 0.348. The summed E-state index contributed by atoms with van der Waals surface area (Å²) >= 11 is 0. The molecule has 0 bridgehead atoms. The van der Waals surface area contributed by atoms with Crippen molar-refractivity contribution >= 4 is 0 Å². The van der Waals surface area contributed by atoms with Crippen LogP contribution in [-0.4, -0.2) is 18.6 Å². The average molecular weight is 184 g/mol. The Morgan fingerprint density at radius 3 is 2.46 bits per heavy atom. The minimum absolute atomic E-state index is 0.348. The SMILES string of the molecule is CC(C)CC(N)CNC1CCCC1. The van der Waals surface area contributed by atoms with E-state index in [-0.39, 0.29) is 0 Å². The highest BCUT2D eigenvalue weighted by atomic mass is 14.9. The standard InChI is InChI=1S/C11H24N2/c1-9(2)7-10(12)8-13-11-5-3-4-6-11/h9-11,13H,3-8,12H2,1-2H3. The highest BCUT2D eigenvalue weighted by Crippen LogP contribution is 2.17. The predicted octanol–water partition coefficient (Wildman–Crippen LogP) is 1.89. The van der Waals surface area contributed by atoms with Gasteiger partial charge in [-0.1, -0.05) is 26.7 Å². The van der Waals surface area contributed by atoms with Crippen LogP contribution in [0.1, 0.15) is 46.0 Å². The van der Waals surface area contributed by atoms with Crippen LogP contribution in [0.2, 0.25) is 0 Å². The molecule has 3 N–H and O–H groups in total. The van der Waals surface area contributed by atoms with E-state index < -0.39 is 0 Å². The first-order chi connectivity index (χ1) is 6.18. The Bertz CT molecular complexity index is 128. The summed E-state index contributed by atoms with van der Waals surface area (Å²) in [6.45, 7) is 5.47. The molecule has 0 amide bonds. The molecular formula is C11H24N2. The van der Waals surface area contributed by atoms with Crippen molar-refractivity contribution in [2.75, 3.05) is 6.54 Å². The summed E-state index contributed by atoms with van der Waals surface area (Å²) in [5.41, 5.74) is 5.99. The molecule has 1 unspecified atom stereocenters. The van der Waals surface area contributed by atoms with Gasteiger partial charge < -0.3 is 11.1 Å². The predicted molar refractivity (Wildman–Crippen MR) is 57.7 cm³/mol. The molecular weight excluding hydrogens is 160 g/mol. The van der Waals surface area contributed by atoms with Crippen molar-refractivity contribution in [2.24, 2.45) is 11.7 Å². The van der Waals surface area contributed by atoms with E-state index in [1.54, 1.807) is 0 Å². The summed E-state index contributed by atoms with van der Waals surface area (Å²) in [4.78, 5) is 0. The van der Waals surface area contributed by atoms with Gasteiger partial charge in [-0.3, -0.25) is 0 Å². The normalized spacial score (nSPS) is 21.2. The summed E-state index contributed by atoms with van der Waals surface area (Å²) in [7, 11) is 0. The van der Waals surface area contributed by atoms with Crippen LogP contribution >= 0.6 is 0 Å². The monoisotopic (exact) mass is 184 g/mol. The highest BCUT2D eigenvalue weighted by Gasteiger charge is 2.15. The van der Waals surface area contributed by atoms with Crippen LogP contribution in [0.15, 0.2) is 0 Å². The highest BCUT2D eigenvalue weighted by molar-refractivity contribution is 4.76. The fourth-order valence-electron chi connectivity index (χ4n) is 2.14. The van der Waals surface area contributed by atoms with Crippen LogP contribution in [0.25, 0.3) is 0 Å². The third-order valence-electron chi connectivity index (χ3n) is 2.80. The van der Waals surface area contributed by atoms with Gasteiger partial charge in [0.15, 0.2) is 0 Å². The number of rotatable bonds is 5. The van der Waals surface area contributed by atoms with Crippen molar-refractivity contribution in [3.05, 3.63) is 0 Å². The van der Waals surface area contributed by atoms with Gasteiger partial charge >= 0.3 is 0 Å². The zero-order valence-corrected chi connectivity index (χ0v) is 9.05. The minimum Gasteiger partial charge on any atom is -0.327 e. The van der Waals surface area contributed by atoms with E-state index in [4.69, 9.17) is 5.73 Å². The van der Waals surface area contributed by atoms with E-state index in [0.717, 1.165) is 24.9 Å². The maximum atomic E-state index is 5.99. The van der Waals surface area contributed by atoms with Gasteiger partial charge in [0.25, 0.3) is 0 Å². The largest absolute Gasteiger partial charge is 0.327 e. The van der Waals surface area contributed by atoms with Gasteiger partial charge in [-0.25, -0.2) is 0 Å². The molecule has 78 valence electrons. The van der Waals surface area contributed by atoms with Crippen molar-refractivity contribution in [1.29, 1.82) is 0 Å². The fraction of sp³-hybridized carbons (Fsp3) is 1.00. The lowest BCUT2D eigenvalue weighted by atomic mass is 10.0. The molecule has 0 aromatic carbocycles. The van der Waals surface area contributed by atoms with E-state index >= 15 is 0 Å². The van der Waals surface area contributed by atoms with E-state index in [1.165, 1.54) is 25.7 Å². The molecule has 13 heavy (non-hydrogen) atoms. The van der Waals surface area contributed by atoms with Gasteiger partial charge in [-0.2, -0.15) is 0 Å². The first kappa shape index (κ1) is 11.0. The van der Waals surface area contributed by atoms with Crippen molar-refractivity contribution < 1.29 is 0 Å². The molecule has 1 atom stereocenters. The van der Waals surface area contributed by atoms with Crippen molar-refractivity contribution in [1.82, 2.24) is 5.32 Å². The topological polar surface area (TPSA) is 38.0 Å². The van der Waals surface area contributed by atoms with E-state index in [9.17, 15) is 0 Å². The zero-order chi connectivity index (χ0) is 9.68. The quantitative estimate of drug-likeness (QED) is 0.685. The first-order valence-electron chi connectivity index (χ1n) is 5.67. The van der Waals surface area contributed by atoms with E-state index in [0.29, 0.717) is 6.04 Å². The van der Waals surface area contributed by atoms with Gasteiger partial charge in [0.05, 0.1) is 0 Å². The zero-order valence-electron chi connectivity index (χ0n) is 9.05. The molecule has 1 saturated carbocycles. The molecule has 0 aromatic rings. The molecule has 2 heteroatoms. The molecule has 1 rings (SSSR count). The molecule has 0 spiro atoms. The molecule has 0 aromatic heterocycles. The number of hydrogen-bond donors (Lipinski definition) is 2. The van der Waals surface area contributed by atoms with Crippen LogP contribution in [0.5, 0.6) is 0 Å². The Hall–Kier alpha value is -0.0800. The third kappa shape index (κ3) is 4.63. The second-order valence-electron chi connectivity index (χ2n) is 4.78. The van der Waals surface area contributed by atoms with Gasteiger partial charge in [-0.05, 0) is 25.2 Å². The molecule has 1 aliphatic carbocycles. The summed E-state index contributed by atoms with van der Waals surface area (Å²) < 4.78 is 0. The molecule has 0 aliphatic heterocycles. The number of nitrogens with one attached hydrogen (secondary N) is 1. The van der Waals surface area contributed by atoms with Gasteiger partial charge in [-0.15, -0.1) is 0 Å².